The van der Waals surface area contributed by atoms with Crippen molar-refractivity contribution < 1.29 is 15.0 Å². The van der Waals surface area contributed by atoms with Gasteiger partial charge in [-0.2, -0.15) is 5.10 Å². The summed E-state index contributed by atoms with van der Waals surface area (Å²) in [5.74, 6) is -1.40. The molecule has 0 saturated heterocycles. The van der Waals surface area contributed by atoms with E-state index in [4.69, 9.17) is 28.3 Å². The highest BCUT2D eigenvalue weighted by Gasteiger charge is 2.24. The molecule has 0 saturated carbocycles. The number of carbonyl (C=O) groups is 1. The maximum atomic E-state index is 11.0. The van der Waals surface area contributed by atoms with Gasteiger partial charge in [-0.05, 0) is 31.5 Å². The predicted molar refractivity (Wildman–Crippen MR) is 88.3 cm³/mol. The van der Waals surface area contributed by atoms with E-state index < -0.39 is 12.1 Å². The van der Waals surface area contributed by atoms with Gasteiger partial charge in [0.05, 0.1) is 27.0 Å². The number of aryl methyl sites for hydroxylation is 2. The Morgan fingerprint density at radius 1 is 1.21 bits per heavy atom. The van der Waals surface area contributed by atoms with Crippen LogP contribution < -0.4 is 0 Å². The van der Waals surface area contributed by atoms with E-state index in [1.165, 1.54) is 4.52 Å². The Labute approximate surface area is 146 Å². The monoisotopic (exact) mass is 366 g/mol. The van der Waals surface area contributed by atoms with Crippen molar-refractivity contribution in [3.8, 4) is 11.1 Å². The minimum atomic E-state index is -1.76. The summed E-state index contributed by atoms with van der Waals surface area (Å²) < 4.78 is 1.46. The van der Waals surface area contributed by atoms with Crippen LogP contribution >= 0.6 is 23.2 Å². The molecule has 0 radical (unpaired) electrons. The number of aromatic nitrogens is 4. The minimum Gasteiger partial charge on any atom is -0.479 e. The second-order valence-corrected chi connectivity index (χ2v) is 6.05. The molecule has 0 fully saturated rings. The average Bonchev–Trinajstić information content (AvgIpc) is 2.87. The largest absolute Gasteiger partial charge is 0.479 e. The van der Waals surface area contributed by atoms with Crippen LogP contribution in [-0.2, 0) is 4.79 Å². The van der Waals surface area contributed by atoms with Gasteiger partial charge in [0.25, 0.3) is 0 Å². The van der Waals surface area contributed by atoms with Crippen molar-refractivity contribution in [2.24, 2.45) is 0 Å². The highest BCUT2D eigenvalue weighted by atomic mass is 35.5. The number of aliphatic carboxylic acids is 1. The fourth-order valence-corrected chi connectivity index (χ4v) is 2.78. The summed E-state index contributed by atoms with van der Waals surface area (Å²) in [6.45, 7) is 3.41. The lowest BCUT2D eigenvalue weighted by Gasteiger charge is -2.09. The van der Waals surface area contributed by atoms with Crippen molar-refractivity contribution in [2.75, 3.05) is 0 Å². The standard InChI is InChI=1S/C15H12Cl2N4O3/c1-6-11(8-3-4-9(16)10(17)5-8)14-19-18-12(13(22)15(23)24)7(2)21(14)20-6/h3-5,13,22H,1-2H3,(H,23,24). The van der Waals surface area contributed by atoms with Crippen LogP contribution in [-0.4, -0.2) is 36.0 Å². The molecule has 7 nitrogen and oxygen atoms in total. The Morgan fingerprint density at radius 2 is 1.92 bits per heavy atom. The molecule has 2 aromatic heterocycles. The lowest BCUT2D eigenvalue weighted by molar-refractivity contribution is -0.147. The second-order valence-electron chi connectivity index (χ2n) is 5.24. The van der Waals surface area contributed by atoms with Crippen LogP contribution in [0, 0.1) is 13.8 Å². The first kappa shape index (κ1) is 16.6. The molecule has 1 unspecified atom stereocenters. The number of nitrogens with zero attached hydrogens (tertiary/aromatic N) is 4. The molecular formula is C15H12Cl2N4O3. The predicted octanol–water partition coefficient (Wildman–Crippen LogP) is 2.83. The van der Waals surface area contributed by atoms with E-state index in [2.05, 4.69) is 15.3 Å². The van der Waals surface area contributed by atoms with Gasteiger partial charge in [0.1, 0.15) is 5.69 Å². The molecule has 2 N–H and O–H groups in total. The van der Waals surface area contributed by atoms with E-state index in [1.54, 1.807) is 32.0 Å². The molecule has 3 rings (SSSR count). The number of aliphatic hydroxyl groups is 1. The van der Waals surface area contributed by atoms with E-state index in [1.807, 2.05) is 0 Å². The number of hydrogen-bond acceptors (Lipinski definition) is 5. The van der Waals surface area contributed by atoms with Crippen molar-refractivity contribution in [2.45, 2.75) is 20.0 Å². The number of aliphatic hydroxyl groups excluding tert-OH is 1. The van der Waals surface area contributed by atoms with E-state index in [-0.39, 0.29) is 5.69 Å². The summed E-state index contributed by atoms with van der Waals surface area (Å²) in [4.78, 5) is 11.0. The Hall–Kier alpha value is -2.22. The first-order chi connectivity index (χ1) is 11.3. The van der Waals surface area contributed by atoms with Gasteiger partial charge < -0.3 is 10.2 Å². The zero-order valence-corrected chi connectivity index (χ0v) is 14.2. The van der Waals surface area contributed by atoms with Crippen LogP contribution in [0.3, 0.4) is 0 Å². The molecule has 0 aliphatic heterocycles. The van der Waals surface area contributed by atoms with E-state index in [9.17, 15) is 9.90 Å². The van der Waals surface area contributed by atoms with Gasteiger partial charge in [-0.15, -0.1) is 10.2 Å². The van der Waals surface area contributed by atoms with Crippen LogP contribution in [0.4, 0.5) is 0 Å². The number of hydrogen-bond donors (Lipinski definition) is 2. The summed E-state index contributed by atoms with van der Waals surface area (Å²) in [6, 6.07) is 5.16. The SMILES string of the molecule is Cc1nn2c(C)c(C(O)C(=O)O)nnc2c1-c1ccc(Cl)c(Cl)c1. The number of halogens is 2. The molecule has 2 heterocycles. The Kier molecular flexibility index (Phi) is 4.16. The molecule has 1 aromatic carbocycles. The maximum Gasteiger partial charge on any atom is 0.339 e. The third kappa shape index (κ3) is 2.60. The highest BCUT2D eigenvalue weighted by molar-refractivity contribution is 6.42. The zero-order valence-electron chi connectivity index (χ0n) is 12.7. The second kappa shape index (κ2) is 6.01. The van der Waals surface area contributed by atoms with Crippen LogP contribution in [0.15, 0.2) is 18.2 Å². The zero-order chi connectivity index (χ0) is 17.6. The molecule has 3 aromatic rings. The molecule has 0 spiro atoms. The van der Waals surface area contributed by atoms with Crippen molar-refractivity contribution in [1.29, 1.82) is 0 Å². The normalized spacial score (nSPS) is 12.5. The van der Waals surface area contributed by atoms with Crippen molar-refractivity contribution in [3.63, 3.8) is 0 Å². The molecule has 24 heavy (non-hydrogen) atoms. The summed E-state index contributed by atoms with van der Waals surface area (Å²) in [7, 11) is 0. The van der Waals surface area contributed by atoms with Gasteiger partial charge >= 0.3 is 5.97 Å². The van der Waals surface area contributed by atoms with Gasteiger partial charge in [0.2, 0.25) is 0 Å². The number of benzene rings is 1. The summed E-state index contributed by atoms with van der Waals surface area (Å²) in [5.41, 5.74) is 2.90. The van der Waals surface area contributed by atoms with E-state index in [0.29, 0.717) is 32.6 Å². The first-order valence-corrected chi connectivity index (χ1v) is 7.65. The molecule has 0 bridgehead atoms. The van der Waals surface area contributed by atoms with Gasteiger partial charge in [-0.1, -0.05) is 29.3 Å². The van der Waals surface area contributed by atoms with Crippen LogP contribution in [0.25, 0.3) is 16.8 Å². The molecular weight excluding hydrogens is 355 g/mol. The molecule has 9 heteroatoms. The number of carboxylic acid groups (broad SMARTS) is 1. The quantitative estimate of drug-likeness (QED) is 0.738. The number of fused-ring (bicyclic) bond motifs is 1. The number of rotatable bonds is 3. The molecule has 124 valence electrons. The molecule has 0 aliphatic rings. The fourth-order valence-electron chi connectivity index (χ4n) is 2.48. The summed E-state index contributed by atoms with van der Waals surface area (Å²) in [6.07, 6.45) is -1.76. The smallest absolute Gasteiger partial charge is 0.339 e. The maximum absolute atomic E-state index is 11.0. The highest BCUT2D eigenvalue weighted by Crippen LogP contribution is 2.32. The van der Waals surface area contributed by atoms with Crippen molar-refractivity contribution in [1.82, 2.24) is 19.8 Å². The van der Waals surface area contributed by atoms with Crippen molar-refractivity contribution in [3.05, 3.63) is 45.3 Å². The summed E-state index contributed by atoms with van der Waals surface area (Å²) in [5, 5.41) is 31.8. The third-order valence-electron chi connectivity index (χ3n) is 3.68. The van der Waals surface area contributed by atoms with Crippen molar-refractivity contribution >= 4 is 34.8 Å². The molecule has 1 atom stereocenters. The van der Waals surface area contributed by atoms with Crippen LogP contribution in [0.5, 0.6) is 0 Å². The minimum absolute atomic E-state index is 0.0572. The Balaban J connectivity index is 2.24. The lowest BCUT2D eigenvalue weighted by Crippen LogP contribution is -2.17. The van der Waals surface area contributed by atoms with Crippen LogP contribution in [0.1, 0.15) is 23.2 Å². The Morgan fingerprint density at radius 3 is 2.54 bits per heavy atom. The molecule has 0 aliphatic carbocycles. The van der Waals surface area contributed by atoms with Gasteiger partial charge in [0.15, 0.2) is 11.8 Å². The fraction of sp³-hybridized carbons (Fsp3) is 0.200. The van der Waals surface area contributed by atoms with E-state index in [0.717, 1.165) is 5.56 Å². The molecule has 0 amide bonds. The Bertz CT molecular complexity index is 971. The van der Waals surface area contributed by atoms with Gasteiger partial charge in [0, 0.05) is 0 Å². The topological polar surface area (TPSA) is 101 Å². The van der Waals surface area contributed by atoms with Gasteiger partial charge in [-0.25, -0.2) is 9.31 Å². The third-order valence-corrected chi connectivity index (χ3v) is 4.42. The first-order valence-electron chi connectivity index (χ1n) is 6.90. The summed E-state index contributed by atoms with van der Waals surface area (Å²) >= 11 is 12.0. The van der Waals surface area contributed by atoms with Crippen LogP contribution in [0.2, 0.25) is 10.0 Å². The average molecular weight is 367 g/mol. The number of carboxylic acids is 1. The lowest BCUT2D eigenvalue weighted by atomic mass is 10.1. The van der Waals surface area contributed by atoms with Gasteiger partial charge in [-0.3, -0.25) is 0 Å². The van der Waals surface area contributed by atoms with E-state index >= 15 is 0 Å².